The fourth-order valence-corrected chi connectivity index (χ4v) is 4.64. The van der Waals surface area contributed by atoms with Crippen LogP contribution in [0.5, 0.6) is 17.2 Å². The van der Waals surface area contributed by atoms with Crippen LogP contribution in [-0.4, -0.2) is 15.5 Å². The van der Waals surface area contributed by atoms with Crippen molar-refractivity contribution in [3.05, 3.63) is 114 Å². The highest BCUT2D eigenvalue weighted by Crippen LogP contribution is 2.37. The predicted octanol–water partition coefficient (Wildman–Crippen LogP) is 6.77. The Kier molecular flexibility index (Phi) is 6.39. The first-order valence-corrected chi connectivity index (χ1v) is 11.9. The minimum absolute atomic E-state index is 0.0829. The monoisotopic (exact) mass is 480 g/mol. The molecule has 0 unspecified atom stereocenters. The van der Waals surface area contributed by atoms with Gasteiger partial charge in [-0.25, -0.2) is 8.42 Å². The van der Waals surface area contributed by atoms with Gasteiger partial charge in [0, 0.05) is 11.1 Å². The van der Waals surface area contributed by atoms with Gasteiger partial charge in [-0.1, -0.05) is 29.8 Å². The van der Waals surface area contributed by atoms with E-state index in [-0.39, 0.29) is 20.9 Å². The third kappa shape index (κ3) is 4.79. The summed E-state index contributed by atoms with van der Waals surface area (Å²) >= 11 is 0. The lowest BCUT2D eigenvalue weighted by Gasteiger charge is -2.18. The normalized spacial score (nSPS) is 11.8. The molecule has 0 spiro atoms. The molecule has 34 heavy (non-hydrogen) atoms. The van der Waals surface area contributed by atoms with Gasteiger partial charge in [0.05, 0.1) is 16.9 Å². The number of benzene rings is 4. The topological polar surface area (TPSA) is 52.6 Å². The van der Waals surface area contributed by atoms with Gasteiger partial charge in [0.1, 0.15) is 17.2 Å². The molecule has 0 bridgehead atoms. The molecule has 0 aliphatic rings. The molecule has 0 N–H and O–H groups in total. The van der Waals surface area contributed by atoms with E-state index in [9.17, 15) is 17.2 Å². The van der Waals surface area contributed by atoms with Crippen LogP contribution in [-0.2, 0) is 15.8 Å². The number of ether oxygens (including phenoxy) is 2. The van der Waals surface area contributed by atoms with Gasteiger partial charge in [0.15, 0.2) is 0 Å². The number of methoxy groups -OCH3 is 1. The molecule has 4 rings (SSSR count). The highest BCUT2D eigenvalue weighted by molar-refractivity contribution is 7.91. The van der Waals surface area contributed by atoms with Gasteiger partial charge >= 0.3 is 0 Å². The molecule has 0 heterocycles. The summed E-state index contributed by atoms with van der Waals surface area (Å²) in [4.78, 5) is 0.255. The third-order valence-electron chi connectivity index (χ3n) is 5.37. The van der Waals surface area contributed by atoms with E-state index in [1.54, 1.807) is 24.3 Å². The molecular weight excluding hydrogens is 458 g/mol. The van der Waals surface area contributed by atoms with Crippen LogP contribution in [0.4, 0.5) is 8.78 Å². The van der Waals surface area contributed by atoms with Crippen LogP contribution < -0.4 is 9.47 Å². The van der Waals surface area contributed by atoms with Gasteiger partial charge in [-0.2, -0.15) is 8.78 Å². The van der Waals surface area contributed by atoms with Crippen LogP contribution in [0.25, 0.3) is 0 Å². The van der Waals surface area contributed by atoms with Crippen molar-refractivity contribution in [3.63, 3.8) is 0 Å². The molecule has 0 saturated heterocycles. The number of sulfone groups is 1. The first-order chi connectivity index (χ1) is 16.2. The number of hydrogen-bond acceptors (Lipinski definition) is 4. The van der Waals surface area contributed by atoms with E-state index in [1.807, 2.05) is 6.92 Å². The van der Waals surface area contributed by atoms with E-state index < -0.39 is 15.8 Å². The van der Waals surface area contributed by atoms with Crippen LogP contribution in [0, 0.1) is 6.92 Å². The van der Waals surface area contributed by atoms with Gasteiger partial charge in [-0.05, 0) is 79.7 Å². The van der Waals surface area contributed by atoms with E-state index in [0.29, 0.717) is 17.2 Å². The Balaban J connectivity index is 1.48. The number of aryl methyl sites for hydroxylation is 1. The third-order valence-corrected chi connectivity index (χ3v) is 7.16. The van der Waals surface area contributed by atoms with E-state index in [4.69, 9.17) is 9.47 Å². The lowest BCUT2D eigenvalue weighted by atomic mass is 9.99. The van der Waals surface area contributed by atoms with E-state index >= 15 is 0 Å². The van der Waals surface area contributed by atoms with Crippen LogP contribution in [0.3, 0.4) is 0 Å². The van der Waals surface area contributed by atoms with Crippen molar-refractivity contribution in [1.29, 1.82) is 0 Å². The molecule has 0 amide bonds. The van der Waals surface area contributed by atoms with Crippen molar-refractivity contribution in [3.8, 4) is 17.2 Å². The van der Waals surface area contributed by atoms with Crippen molar-refractivity contribution in [2.24, 2.45) is 0 Å². The summed E-state index contributed by atoms with van der Waals surface area (Å²) < 4.78 is 66.0. The smallest absolute Gasteiger partial charge is 0.298 e. The maximum Gasteiger partial charge on any atom is 0.298 e. The SMILES string of the molecule is COc1ccc(S(=O)(=O)c2ccc(Oc3ccc(C(F)(F)c4ccc(C)cc4)cc3)cc2)cc1. The molecule has 0 radical (unpaired) electrons. The van der Waals surface area contributed by atoms with Gasteiger partial charge in [-0.15, -0.1) is 0 Å². The van der Waals surface area contributed by atoms with Crippen molar-refractivity contribution >= 4 is 9.84 Å². The maximum absolute atomic E-state index is 14.8. The number of rotatable bonds is 7. The average Bonchev–Trinajstić information content (AvgIpc) is 2.85. The second-order valence-electron chi connectivity index (χ2n) is 7.72. The van der Waals surface area contributed by atoms with E-state index in [0.717, 1.165) is 5.56 Å². The Labute approximate surface area is 197 Å². The van der Waals surface area contributed by atoms with Crippen molar-refractivity contribution in [2.45, 2.75) is 22.6 Å². The molecule has 0 saturated carbocycles. The largest absolute Gasteiger partial charge is 0.497 e. The summed E-state index contributed by atoms with van der Waals surface area (Å²) in [6.45, 7) is 1.84. The Morgan fingerprint density at radius 2 is 1.00 bits per heavy atom. The fraction of sp³-hybridized carbons (Fsp3) is 0.111. The van der Waals surface area contributed by atoms with E-state index in [2.05, 4.69) is 0 Å². The second-order valence-corrected chi connectivity index (χ2v) is 9.67. The molecule has 4 aromatic rings. The van der Waals surface area contributed by atoms with Gasteiger partial charge in [-0.3, -0.25) is 0 Å². The maximum atomic E-state index is 14.8. The fourth-order valence-electron chi connectivity index (χ4n) is 3.38. The molecule has 0 atom stereocenters. The molecule has 174 valence electrons. The Bertz CT molecular complexity index is 1360. The van der Waals surface area contributed by atoms with Gasteiger partial charge < -0.3 is 9.47 Å². The minimum atomic E-state index is -3.70. The minimum Gasteiger partial charge on any atom is -0.497 e. The van der Waals surface area contributed by atoms with Crippen LogP contribution in [0.2, 0.25) is 0 Å². The number of hydrogen-bond donors (Lipinski definition) is 0. The first kappa shape index (κ1) is 23.4. The summed E-state index contributed by atoms with van der Waals surface area (Å²) in [5.74, 6) is -1.84. The lowest BCUT2D eigenvalue weighted by Crippen LogP contribution is -2.14. The molecule has 0 aliphatic carbocycles. The van der Waals surface area contributed by atoms with E-state index in [1.165, 1.54) is 79.9 Å². The summed E-state index contributed by atoms with van der Waals surface area (Å²) in [6, 6.07) is 23.7. The van der Waals surface area contributed by atoms with Gasteiger partial charge in [0.25, 0.3) is 5.92 Å². The average molecular weight is 481 g/mol. The molecule has 7 heteroatoms. The van der Waals surface area contributed by atoms with Crippen LogP contribution in [0.15, 0.2) is 107 Å². The molecule has 0 aromatic heterocycles. The van der Waals surface area contributed by atoms with Crippen molar-refractivity contribution in [1.82, 2.24) is 0 Å². The highest BCUT2D eigenvalue weighted by atomic mass is 32.2. The summed E-state index contributed by atoms with van der Waals surface area (Å²) in [5.41, 5.74) is 0.677. The number of alkyl halides is 2. The van der Waals surface area contributed by atoms with Crippen molar-refractivity contribution < 1.29 is 26.7 Å². The second kappa shape index (κ2) is 9.27. The molecule has 4 nitrogen and oxygen atoms in total. The summed E-state index contributed by atoms with van der Waals surface area (Å²) in [5, 5.41) is 0. The quantitative estimate of drug-likeness (QED) is 0.293. The first-order valence-electron chi connectivity index (χ1n) is 10.4. The van der Waals surface area contributed by atoms with Gasteiger partial charge in [0.2, 0.25) is 9.84 Å². The zero-order valence-corrected chi connectivity index (χ0v) is 19.4. The molecule has 0 fully saturated rings. The highest BCUT2D eigenvalue weighted by Gasteiger charge is 2.33. The number of halogens is 2. The zero-order valence-electron chi connectivity index (χ0n) is 18.5. The molecule has 0 aliphatic heterocycles. The van der Waals surface area contributed by atoms with Crippen molar-refractivity contribution in [2.75, 3.05) is 7.11 Å². The summed E-state index contributed by atoms with van der Waals surface area (Å²) in [6.07, 6.45) is 0. The van der Waals surface area contributed by atoms with Crippen LogP contribution in [0.1, 0.15) is 16.7 Å². The Morgan fingerprint density at radius 1 is 0.618 bits per heavy atom. The predicted molar refractivity (Wildman–Crippen MR) is 126 cm³/mol. The lowest BCUT2D eigenvalue weighted by molar-refractivity contribution is 0.0428. The Morgan fingerprint density at radius 3 is 1.44 bits per heavy atom. The zero-order chi connectivity index (χ0) is 24.3. The standard InChI is InChI=1S/C27H22F2O4S/c1-19-3-5-20(6-4-19)27(28,29)21-7-9-23(10-8-21)33-24-13-17-26(18-14-24)34(30,31)25-15-11-22(32-2)12-16-25/h3-18H,1-2H3. The molecule has 4 aromatic carbocycles. The van der Waals surface area contributed by atoms with Crippen LogP contribution >= 0.6 is 0 Å². The molecular formula is C27H22F2O4S. The summed E-state index contributed by atoms with van der Waals surface area (Å²) in [7, 11) is -2.19. The Hall–Kier alpha value is -3.71.